The summed E-state index contributed by atoms with van der Waals surface area (Å²) in [5.74, 6) is 0.108. The molecule has 1 rings (SSSR count). The summed E-state index contributed by atoms with van der Waals surface area (Å²) in [6, 6.07) is 3.80. The van der Waals surface area contributed by atoms with Gasteiger partial charge in [-0.1, -0.05) is 13.0 Å². The third-order valence-corrected chi connectivity index (χ3v) is 2.51. The highest BCUT2D eigenvalue weighted by Crippen LogP contribution is 2.33. The minimum atomic E-state index is -0.994. The van der Waals surface area contributed by atoms with E-state index in [4.69, 9.17) is 14.6 Å². The van der Waals surface area contributed by atoms with Gasteiger partial charge in [0.25, 0.3) is 0 Å². The van der Waals surface area contributed by atoms with Crippen LogP contribution in [0.4, 0.5) is 0 Å². The molecule has 0 amide bonds. The van der Waals surface area contributed by atoms with Gasteiger partial charge in [0, 0.05) is 0 Å². The smallest absolute Gasteiger partial charge is 0.344 e. The average molecular weight is 264 g/mol. The monoisotopic (exact) mass is 264 g/mol. The molecule has 4 nitrogen and oxygen atoms in total. The molecular weight excluding hydrogens is 244 g/mol. The van der Waals surface area contributed by atoms with Crippen molar-refractivity contribution >= 4 is 5.97 Å². The summed E-state index contributed by atoms with van der Waals surface area (Å²) in [6.07, 6.45) is 7.92. The molecule has 0 heterocycles. The van der Waals surface area contributed by atoms with Gasteiger partial charge < -0.3 is 14.6 Å². The molecule has 1 aromatic carbocycles. The van der Waals surface area contributed by atoms with Gasteiger partial charge in [-0.3, -0.25) is 0 Å². The first-order valence-corrected chi connectivity index (χ1v) is 5.89. The van der Waals surface area contributed by atoms with E-state index in [1.807, 2.05) is 19.9 Å². The largest absolute Gasteiger partial charge is 0.493 e. The number of carboxylic acids is 1. The Kier molecular flexibility index (Phi) is 7.13. The van der Waals surface area contributed by atoms with Crippen molar-refractivity contribution in [1.82, 2.24) is 0 Å². The van der Waals surface area contributed by atoms with Crippen LogP contribution >= 0.6 is 0 Å². The van der Waals surface area contributed by atoms with Gasteiger partial charge in [0.05, 0.1) is 7.11 Å². The summed E-state index contributed by atoms with van der Waals surface area (Å²) in [5, 5.41) is 8.84. The predicted octanol–water partition coefficient (Wildman–Crippen LogP) is 2.67. The Balaban J connectivity index is 0.00000154. The maximum Gasteiger partial charge on any atom is 0.344 e. The van der Waals surface area contributed by atoms with Crippen LogP contribution in [0.5, 0.6) is 11.5 Å². The SMILES string of the molecule is C#C.CCc1cc(C)cc(OC(C)C(=O)O)c1OC. The number of rotatable bonds is 5. The van der Waals surface area contributed by atoms with Crippen LogP contribution in [0.1, 0.15) is 25.0 Å². The number of carbonyl (C=O) groups is 1. The zero-order valence-electron chi connectivity index (χ0n) is 11.8. The number of carboxylic acid groups (broad SMARTS) is 1. The van der Waals surface area contributed by atoms with E-state index in [0.717, 1.165) is 17.5 Å². The van der Waals surface area contributed by atoms with E-state index in [2.05, 4.69) is 12.8 Å². The summed E-state index contributed by atoms with van der Waals surface area (Å²) < 4.78 is 10.7. The Bertz CT molecular complexity index is 449. The molecule has 0 spiro atoms. The van der Waals surface area contributed by atoms with Crippen molar-refractivity contribution < 1.29 is 19.4 Å². The normalized spacial score (nSPS) is 10.8. The molecule has 0 radical (unpaired) electrons. The standard InChI is InChI=1S/C13H18O4.C2H2/c1-5-10-6-8(2)7-11(12(10)16-4)17-9(3)13(14)15;1-2/h6-7,9H,5H2,1-4H3,(H,14,15);1-2H. The van der Waals surface area contributed by atoms with Gasteiger partial charge in [0.1, 0.15) is 0 Å². The lowest BCUT2D eigenvalue weighted by molar-refractivity contribution is -0.144. The molecule has 19 heavy (non-hydrogen) atoms. The highest BCUT2D eigenvalue weighted by atomic mass is 16.5. The van der Waals surface area contributed by atoms with Crippen LogP contribution in [-0.2, 0) is 11.2 Å². The average Bonchev–Trinajstić information content (AvgIpc) is 2.40. The Morgan fingerprint density at radius 2 is 2.00 bits per heavy atom. The molecule has 1 unspecified atom stereocenters. The maximum atomic E-state index is 10.8. The summed E-state index contributed by atoms with van der Waals surface area (Å²) in [6.45, 7) is 5.45. The highest BCUT2D eigenvalue weighted by Gasteiger charge is 2.17. The number of benzene rings is 1. The van der Waals surface area contributed by atoms with E-state index < -0.39 is 12.1 Å². The van der Waals surface area contributed by atoms with Gasteiger partial charge in [-0.15, -0.1) is 12.8 Å². The van der Waals surface area contributed by atoms with E-state index in [1.54, 1.807) is 13.2 Å². The molecule has 0 saturated heterocycles. The van der Waals surface area contributed by atoms with Gasteiger partial charge in [-0.25, -0.2) is 4.79 Å². The minimum Gasteiger partial charge on any atom is -0.493 e. The lowest BCUT2D eigenvalue weighted by Gasteiger charge is -2.17. The number of hydrogen-bond acceptors (Lipinski definition) is 3. The minimum absolute atomic E-state index is 0.485. The van der Waals surface area contributed by atoms with Crippen LogP contribution in [0.3, 0.4) is 0 Å². The zero-order chi connectivity index (χ0) is 15.0. The molecule has 0 aliphatic rings. The fourth-order valence-electron chi connectivity index (χ4n) is 1.64. The van der Waals surface area contributed by atoms with Gasteiger partial charge in [-0.05, 0) is 37.5 Å². The predicted molar refractivity (Wildman–Crippen MR) is 74.7 cm³/mol. The lowest BCUT2D eigenvalue weighted by atomic mass is 10.1. The van der Waals surface area contributed by atoms with Crippen LogP contribution in [0, 0.1) is 19.8 Å². The Morgan fingerprint density at radius 1 is 1.42 bits per heavy atom. The number of methoxy groups -OCH3 is 1. The van der Waals surface area contributed by atoms with E-state index >= 15 is 0 Å². The maximum absolute atomic E-state index is 10.8. The van der Waals surface area contributed by atoms with Crippen LogP contribution in [0.25, 0.3) is 0 Å². The molecule has 4 heteroatoms. The third kappa shape index (κ3) is 4.55. The lowest BCUT2D eigenvalue weighted by Crippen LogP contribution is -2.23. The van der Waals surface area contributed by atoms with Gasteiger partial charge in [0.2, 0.25) is 0 Å². The molecule has 1 aromatic rings. The zero-order valence-corrected chi connectivity index (χ0v) is 11.8. The molecule has 0 fully saturated rings. The molecule has 1 atom stereocenters. The highest BCUT2D eigenvalue weighted by molar-refractivity contribution is 5.72. The molecule has 0 saturated carbocycles. The van der Waals surface area contributed by atoms with Gasteiger partial charge in [-0.2, -0.15) is 0 Å². The summed E-state index contributed by atoms with van der Waals surface area (Å²) >= 11 is 0. The number of aliphatic carboxylic acids is 1. The van der Waals surface area contributed by atoms with Crippen LogP contribution in [-0.4, -0.2) is 24.3 Å². The summed E-state index contributed by atoms with van der Waals surface area (Å²) in [4.78, 5) is 10.8. The first kappa shape index (κ1) is 16.9. The number of hydrogen-bond donors (Lipinski definition) is 1. The second-order valence-electron chi connectivity index (χ2n) is 3.91. The molecule has 1 N–H and O–H groups in total. The fourth-order valence-corrected chi connectivity index (χ4v) is 1.64. The van der Waals surface area contributed by atoms with Crippen molar-refractivity contribution in [2.24, 2.45) is 0 Å². The third-order valence-electron chi connectivity index (χ3n) is 2.51. The summed E-state index contributed by atoms with van der Waals surface area (Å²) in [5.41, 5.74) is 2.04. The van der Waals surface area contributed by atoms with Crippen molar-refractivity contribution in [2.45, 2.75) is 33.3 Å². The van der Waals surface area contributed by atoms with Crippen molar-refractivity contribution in [2.75, 3.05) is 7.11 Å². The van der Waals surface area contributed by atoms with E-state index in [-0.39, 0.29) is 0 Å². The Labute approximate surface area is 114 Å². The van der Waals surface area contributed by atoms with E-state index in [1.165, 1.54) is 6.92 Å². The Morgan fingerprint density at radius 3 is 2.42 bits per heavy atom. The van der Waals surface area contributed by atoms with Crippen LogP contribution in [0.15, 0.2) is 12.1 Å². The quantitative estimate of drug-likeness (QED) is 0.831. The second-order valence-corrected chi connectivity index (χ2v) is 3.91. The molecule has 0 aromatic heterocycles. The van der Waals surface area contributed by atoms with Crippen molar-refractivity contribution in [1.29, 1.82) is 0 Å². The molecule has 104 valence electrons. The van der Waals surface area contributed by atoms with Crippen LogP contribution in [0.2, 0.25) is 0 Å². The van der Waals surface area contributed by atoms with Crippen molar-refractivity contribution in [3.05, 3.63) is 23.3 Å². The Hall–Kier alpha value is -2.15. The van der Waals surface area contributed by atoms with E-state index in [9.17, 15) is 4.79 Å². The molecule has 0 aliphatic carbocycles. The van der Waals surface area contributed by atoms with Crippen molar-refractivity contribution in [3.8, 4) is 24.3 Å². The molecule has 0 bridgehead atoms. The summed E-state index contributed by atoms with van der Waals surface area (Å²) in [7, 11) is 1.56. The van der Waals surface area contributed by atoms with Gasteiger partial charge >= 0.3 is 5.97 Å². The number of terminal acetylenes is 1. The first-order valence-electron chi connectivity index (χ1n) is 5.89. The number of aryl methyl sites for hydroxylation is 2. The molecular formula is C15H20O4. The van der Waals surface area contributed by atoms with E-state index in [0.29, 0.717) is 11.5 Å². The molecule has 0 aliphatic heterocycles. The topological polar surface area (TPSA) is 55.8 Å². The second kappa shape index (κ2) is 8.04. The van der Waals surface area contributed by atoms with Gasteiger partial charge in [0.15, 0.2) is 17.6 Å². The van der Waals surface area contributed by atoms with Crippen LogP contribution < -0.4 is 9.47 Å². The van der Waals surface area contributed by atoms with Crippen molar-refractivity contribution in [3.63, 3.8) is 0 Å². The first-order chi connectivity index (χ1) is 8.99. The fraction of sp³-hybridized carbons (Fsp3) is 0.400. The number of ether oxygens (including phenoxy) is 2.